The first-order valence-corrected chi connectivity index (χ1v) is 7.43. The highest BCUT2D eigenvalue weighted by Crippen LogP contribution is 2.27. The lowest BCUT2D eigenvalue weighted by atomic mass is 9.99. The van der Waals surface area contributed by atoms with E-state index in [9.17, 15) is 4.79 Å². The Balaban J connectivity index is 1.75. The molecule has 1 atom stereocenters. The van der Waals surface area contributed by atoms with Crippen molar-refractivity contribution < 1.29 is 4.79 Å². The number of hydrogen-bond acceptors (Lipinski definition) is 4. The van der Waals surface area contributed by atoms with Crippen LogP contribution in [0.5, 0.6) is 0 Å². The molecule has 2 heterocycles. The van der Waals surface area contributed by atoms with E-state index in [0.29, 0.717) is 5.13 Å². The van der Waals surface area contributed by atoms with Crippen LogP contribution in [0, 0.1) is 12.8 Å². The predicted octanol–water partition coefficient (Wildman–Crippen LogP) is 2.54. The van der Waals surface area contributed by atoms with Gasteiger partial charge in [-0.3, -0.25) is 4.79 Å². The first-order chi connectivity index (χ1) is 9.22. The van der Waals surface area contributed by atoms with E-state index in [1.54, 1.807) is 11.3 Å². The summed E-state index contributed by atoms with van der Waals surface area (Å²) in [5, 5.41) is 6.91. The summed E-state index contributed by atoms with van der Waals surface area (Å²) < 4.78 is 1.12. The minimum absolute atomic E-state index is 0.0718. The Kier molecular flexibility index (Phi) is 3.48. The highest BCUT2D eigenvalue weighted by Gasteiger charge is 2.21. The summed E-state index contributed by atoms with van der Waals surface area (Å²) in [5.74, 6) is 0.158. The molecule has 1 fully saturated rings. The van der Waals surface area contributed by atoms with E-state index >= 15 is 0 Å². The minimum atomic E-state index is 0.0718. The van der Waals surface area contributed by atoms with Crippen molar-refractivity contribution in [2.24, 2.45) is 5.92 Å². The summed E-state index contributed by atoms with van der Waals surface area (Å²) in [4.78, 5) is 16.6. The number of carbonyl (C=O) groups is 1. The van der Waals surface area contributed by atoms with E-state index in [1.165, 1.54) is 5.56 Å². The Bertz CT molecular complexity index is 602. The van der Waals surface area contributed by atoms with Crippen LogP contribution in [-0.2, 0) is 4.79 Å². The summed E-state index contributed by atoms with van der Waals surface area (Å²) in [6.07, 6.45) is 2.03. The average molecular weight is 275 g/mol. The molecule has 0 aliphatic carbocycles. The molecule has 2 N–H and O–H groups in total. The lowest BCUT2D eigenvalue weighted by Gasteiger charge is -2.21. The molecule has 19 heavy (non-hydrogen) atoms. The second-order valence-electron chi connectivity index (χ2n) is 5.02. The van der Waals surface area contributed by atoms with Crippen LogP contribution < -0.4 is 10.6 Å². The first-order valence-electron chi connectivity index (χ1n) is 6.61. The second kappa shape index (κ2) is 5.27. The fourth-order valence-electron chi connectivity index (χ4n) is 2.37. The molecule has 3 rings (SSSR count). The topological polar surface area (TPSA) is 54.0 Å². The molecule has 1 aromatic heterocycles. The third-order valence-electron chi connectivity index (χ3n) is 3.44. The molecule has 0 spiro atoms. The van der Waals surface area contributed by atoms with Crippen LogP contribution in [0.1, 0.15) is 18.4 Å². The van der Waals surface area contributed by atoms with Crippen LogP contribution in [0.2, 0.25) is 0 Å². The number of anilines is 1. The van der Waals surface area contributed by atoms with Gasteiger partial charge in [0.1, 0.15) is 0 Å². The van der Waals surface area contributed by atoms with Gasteiger partial charge in [0.05, 0.1) is 16.1 Å². The van der Waals surface area contributed by atoms with Crippen molar-refractivity contribution in [3.8, 4) is 0 Å². The van der Waals surface area contributed by atoms with Gasteiger partial charge in [-0.25, -0.2) is 4.98 Å². The van der Waals surface area contributed by atoms with Crippen molar-refractivity contribution in [2.45, 2.75) is 19.8 Å². The normalized spacial score (nSPS) is 19.5. The van der Waals surface area contributed by atoms with Gasteiger partial charge in [-0.15, -0.1) is 0 Å². The third-order valence-corrected chi connectivity index (χ3v) is 4.38. The maximum Gasteiger partial charge on any atom is 0.230 e. The Morgan fingerprint density at radius 1 is 1.53 bits per heavy atom. The fraction of sp³-hybridized carbons (Fsp3) is 0.429. The van der Waals surface area contributed by atoms with Gasteiger partial charge in [0.15, 0.2) is 5.13 Å². The molecule has 5 heteroatoms. The second-order valence-corrected chi connectivity index (χ2v) is 6.05. The van der Waals surface area contributed by atoms with Crippen molar-refractivity contribution in [1.82, 2.24) is 10.3 Å². The van der Waals surface area contributed by atoms with Crippen molar-refractivity contribution in [3.05, 3.63) is 23.8 Å². The fourth-order valence-corrected chi connectivity index (χ4v) is 3.34. The largest absolute Gasteiger partial charge is 0.316 e. The molecule has 1 aliphatic heterocycles. The Morgan fingerprint density at radius 3 is 3.21 bits per heavy atom. The molecule has 0 radical (unpaired) electrons. The number of carbonyl (C=O) groups excluding carboxylic acids is 1. The zero-order valence-electron chi connectivity index (χ0n) is 10.9. The Hall–Kier alpha value is -1.46. The van der Waals surface area contributed by atoms with Gasteiger partial charge in [0.2, 0.25) is 5.91 Å². The van der Waals surface area contributed by atoms with Crippen LogP contribution in [0.15, 0.2) is 18.2 Å². The monoisotopic (exact) mass is 275 g/mol. The number of benzene rings is 1. The Morgan fingerprint density at radius 2 is 2.42 bits per heavy atom. The van der Waals surface area contributed by atoms with E-state index in [1.807, 2.05) is 12.1 Å². The summed E-state index contributed by atoms with van der Waals surface area (Å²) in [6, 6.07) is 6.14. The maximum atomic E-state index is 12.1. The minimum Gasteiger partial charge on any atom is -0.316 e. The maximum absolute atomic E-state index is 12.1. The number of piperidine rings is 1. The third kappa shape index (κ3) is 2.77. The van der Waals surface area contributed by atoms with Crippen molar-refractivity contribution in [2.75, 3.05) is 18.4 Å². The van der Waals surface area contributed by atoms with Crippen molar-refractivity contribution >= 4 is 32.6 Å². The molecular weight excluding hydrogens is 258 g/mol. The first kappa shape index (κ1) is 12.6. The smallest absolute Gasteiger partial charge is 0.230 e. The summed E-state index contributed by atoms with van der Waals surface area (Å²) in [5.41, 5.74) is 2.16. The van der Waals surface area contributed by atoms with Gasteiger partial charge in [0.25, 0.3) is 0 Å². The number of nitrogens with one attached hydrogen (secondary N) is 2. The van der Waals surface area contributed by atoms with E-state index in [2.05, 4.69) is 28.6 Å². The molecule has 0 saturated carbocycles. The summed E-state index contributed by atoms with van der Waals surface area (Å²) in [6.45, 7) is 3.85. The van der Waals surface area contributed by atoms with Crippen LogP contribution in [0.25, 0.3) is 10.2 Å². The average Bonchev–Trinajstić information content (AvgIpc) is 2.81. The number of nitrogens with zero attached hydrogens (tertiary/aromatic N) is 1. The molecule has 2 aromatic rings. The lowest BCUT2D eigenvalue weighted by molar-refractivity contribution is -0.120. The predicted molar refractivity (Wildman–Crippen MR) is 78.6 cm³/mol. The molecule has 0 unspecified atom stereocenters. The molecule has 100 valence electrons. The number of fused-ring (bicyclic) bond motifs is 1. The van der Waals surface area contributed by atoms with Crippen LogP contribution >= 0.6 is 11.3 Å². The van der Waals surface area contributed by atoms with E-state index in [4.69, 9.17) is 0 Å². The number of hydrogen-bond donors (Lipinski definition) is 2. The van der Waals surface area contributed by atoms with Crippen molar-refractivity contribution in [3.63, 3.8) is 0 Å². The van der Waals surface area contributed by atoms with Gasteiger partial charge in [-0.05, 0) is 44.0 Å². The quantitative estimate of drug-likeness (QED) is 0.885. The number of thiazole rings is 1. The summed E-state index contributed by atoms with van der Waals surface area (Å²) >= 11 is 1.54. The Labute approximate surface area is 116 Å². The molecule has 1 aliphatic rings. The molecule has 1 amide bonds. The van der Waals surface area contributed by atoms with Gasteiger partial charge in [-0.2, -0.15) is 0 Å². The zero-order chi connectivity index (χ0) is 13.2. The standard InChI is InChI=1S/C14H17N3OS/c1-9-4-5-11-12(7-9)19-14(16-11)17-13(18)10-3-2-6-15-8-10/h4-5,7,10,15H,2-3,6,8H2,1H3,(H,16,17,18)/t10-/m1/s1. The number of aryl methyl sites for hydroxylation is 1. The van der Waals surface area contributed by atoms with Crippen LogP contribution in [0.4, 0.5) is 5.13 Å². The molecule has 0 bridgehead atoms. The SMILES string of the molecule is Cc1ccc2nc(NC(=O)[C@@H]3CCCNC3)sc2c1. The van der Waals surface area contributed by atoms with Gasteiger partial charge >= 0.3 is 0 Å². The van der Waals surface area contributed by atoms with E-state index in [0.717, 1.165) is 36.1 Å². The molecular formula is C14H17N3OS. The number of amides is 1. The van der Waals surface area contributed by atoms with E-state index in [-0.39, 0.29) is 11.8 Å². The van der Waals surface area contributed by atoms with Gasteiger partial charge in [0, 0.05) is 6.54 Å². The highest BCUT2D eigenvalue weighted by atomic mass is 32.1. The number of rotatable bonds is 2. The molecule has 1 saturated heterocycles. The molecule has 4 nitrogen and oxygen atoms in total. The number of aromatic nitrogens is 1. The summed E-state index contributed by atoms with van der Waals surface area (Å²) in [7, 11) is 0. The molecule has 1 aromatic carbocycles. The highest BCUT2D eigenvalue weighted by molar-refractivity contribution is 7.22. The van der Waals surface area contributed by atoms with Gasteiger partial charge in [-0.1, -0.05) is 17.4 Å². The van der Waals surface area contributed by atoms with E-state index < -0.39 is 0 Å². The van der Waals surface area contributed by atoms with Crippen molar-refractivity contribution in [1.29, 1.82) is 0 Å². The van der Waals surface area contributed by atoms with Gasteiger partial charge < -0.3 is 10.6 Å². The lowest BCUT2D eigenvalue weighted by Crippen LogP contribution is -2.37. The van der Waals surface area contributed by atoms with Crippen LogP contribution in [-0.4, -0.2) is 24.0 Å². The van der Waals surface area contributed by atoms with Crippen LogP contribution in [0.3, 0.4) is 0 Å². The zero-order valence-corrected chi connectivity index (χ0v) is 11.7.